The Balaban J connectivity index is 1.84. The molecule has 1 amide bonds. The largest absolute Gasteiger partial charge is 0.340 e. The van der Waals surface area contributed by atoms with Crippen molar-refractivity contribution in [3.63, 3.8) is 0 Å². The minimum atomic E-state index is -0.824. The van der Waals surface area contributed by atoms with Crippen LogP contribution in [-0.2, 0) is 4.79 Å². The zero-order valence-electron chi connectivity index (χ0n) is 14.7. The number of hydrogen-bond acceptors (Lipinski definition) is 3. The van der Waals surface area contributed by atoms with Crippen LogP contribution in [-0.4, -0.2) is 39.6 Å². The van der Waals surface area contributed by atoms with E-state index < -0.39 is 5.54 Å². The summed E-state index contributed by atoms with van der Waals surface area (Å²) >= 11 is 0. The normalized spacial score (nSPS) is 18.7. The molecule has 0 saturated carbocycles. The summed E-state index contributed by atoms with van der Waals surface area (Å²) in [6.07, 6.45) is 3.92. The van der Waals surface area contributed by atoms with Gasteiger partial charge in [-0.2, -0.15) is 5.10 Å². The van der Waals surface area contributed by atoms with Crippen LogP contribution >= 0.6 is 0 Å². The molecule has 1 aromatic heterocycles. The molecule has 2 heterocycles. The minimum Gasteiger partial charge on any atom is -0.340 e. The molecule has 2 aromatic rings. The summed E-state index contributed by atoms with van der Waals surface area (Å²) < 4.78 is 0. The smallest absolute Gasteiger partial charge is 0.242 e. The summed E-state index contributed by atoms with van der Waals surface area (Å²) in [4.78, 5) is 14.4. The van der Waals surface area contributed by atoms with Crippen LogP contribution in [0.1, 0.15) is 43.9 Å². The van der Waals surface area contributed by atoms with Gasteiger partial charge in [0.2, 0.25) is 5.91 Å². The molecular formula is C19H26N4O. The van der Waals surface area contributed by atoms with E-state index >= 15 is 0 Å². The van der Waals surface area contributed by atoms with Gasteiger partial charge in [-0.1, -0.05) is 29.8 Å². The number of aryl methyl sites for hydroxylation is 1. The van der Waals surface area contributed by atoms with E-state index in [0.29, 0.717) is 6.54 Å². The first-order valence-corrected chi connectivity index (χ1v) is 8.55. The molecule has 1 aromatic carbocycles. The number of aromatic amines is 1. The third-order valence-corrected chi connectivity index (χ3v) is 4.70. The quantitative estimate of drug-likeness (QED) is 0.911. The van der Waals surface area contributed by atoms with Gasteiger partial charge < -0.3 is 10.6 Å². The highest BCUT2D eigenvalue weighted by Crippen LogP contribution is 2.33. The van der Waals surface area contributed by atoms with E-state index in [4.69, 9.17) is 5.73 Å². The Kier molecular flexibility index (Phi) is 4.45. The number of benzene rings is 1. The third-order valence-electron chi connectivity index (χ3n) is 4.70. The fraction of sp³-hybridized carbons (Fsp3) is 0.474. The van der Waals surface area contributed by atoms with E-state index in [-0.39, 0.29) is 11.8 Å². The lowest BCUT2D eigenvalue weighted by Crippen LogP contribution is -2.53. The Morgan fingerprint density at radius 3 is 2.71 bits per heavy atom. The highest BCUT2D eigenvalue weighted by molar-refractivity contribution is 5.85. The molecule has 1 saturated heterocycles. The molecule has 3 rings (SSSR count). The molecule has 0 spiro atoms. The fourth-order valence-electron chi connectivity index (χ4n) is 3.38. The number of likely N-dealkylation sites (tertiary alicyclic amines) is 1. The van der Waals surface area contributed by atoms with Crippen LogP contribution in [0.2, 0.25) is 0 Å². The predicted octanol–water partition coefficient (Wildman–Crippen LogP) is 2.83. The second-order valence-corrected chi connectivity index (χ2v) is 7.38. The lowest BCUT2D eigenvalue weighted by Gasteiger charge is -2.36. The molecule has 0 bridgehead atoms. The van der Waals surface area contributed by atoms with Crippen LogP contribution in [0.5, 0.6) is 0 Å². The molecule has 1 aliphatic rings. The topological polar surface area (TPSA) is 75.0 Å². The van der Waals surface area contributed by atoms with Crippen LogP contribution < -0.4 is 5.73 Å². The molecule has 3 N–H and O–H groups in total. The SMILES string of the molecule is Cc1ccc(-c2cn[nH]c2[C@@H]2CCCN(C(=O)C(C)(C)N)C2)cc1. The average molecular weight is 326 g/mol. The molecule has 1 atom stereocenters. The number of piperidine rings is 1. The maximum atomic E-state index is 12.5. The first-order chi connectivity index (χ1) is 11.4. The fourth-order valence-corrected chi connectivity index (χ4v) is 3.38. The van der Waals surface area contributed by atoms with Crippen molar-refractivity contribution in [1.82, 2.24) is 15.1 Å². The third kappa shape index (κ3) is 3.36. The second-order valence-electron chi connectivity index (χ2n) is 7.38. The number of aromatic nitrogens is 2. The molecule has 5 nitrogen and oxygen atoms in total. The Bertz CT molecular complexity index is 712. The molecule has 0 aliphatic carbocycles. The van der Waals surface area contributed by atoms with Crippen molar-refractivity contribution in [1.29, 1.82) is 0 Å². The number of nitrogens with two attached hydrogens (primary N) is 1. The summed E-state index contributed by atoms with van der Waals surface area (Å²) in [7, 11) is 0. The molecule has 0 unspecified atom stereocenters. The molecule has 1 aliphatic heterocycles. The number of nitrogens with zero attached hydrogens (tertiary/aromatic N) is 2. The first-order valence-electron chi connectivity index (χ1n) is 8.55. The maximum Gasteiger partial charge on any atom is 0.242 e. The minimum absolute atomic E-state index is 0.0172. The Morgan fingerprint density at radius 2 is 2.04 bits per heavy atom. The zero-order valence-corrected chi connectivity index (χ0v) is 14.7. The number of H-pyrrole nitrogens is 1. The van der Waals surface area contributed by atoms with Crippen LogP contribution in [0.15, 0.2) is 30.5 Å². The molecule has 0 radical (unpaired) electrons. The van der Waals surface area contributed by atoms with Crippen molar-refractivity contribution in [2.24, 2.45) is 5.73 Å². The molecule has 24 heavy (non-hydrogen) atoms. The van der Waals surface area contributed by atoms with Gasteiger partial charge in [0.15, 0.2) is 0 Å². The van der Waals surface area contributed by atoms with Gasteiger partial charge in [-0.05, 0) is 39.2 Å². The number of rotatable bonds is 3. The summed E-state index contributed by atoms with van der Waals surface area (Å²) in [5, 5.41) is 7.43. The number of carbonyl (C=O) groups excluding carboxylic acids is 1. The lowest BCUT2D eigenvalue weighted by molar-refractivity contribution is -0.137. The number of hydrogen-bond donors (Lipinski definition) is 2. The number of amides is 1. The van der Waals surface area contributed by atoms with Gasteiger partial charge in [0, 0.05) is 30.3 Å². The van der Waals surface area contributed by atoms with Crippen molar-refractivity contribution >= 4 is 5.91 Å². The van der Waals surface area contributed by atoms with E-state index in [1.807, 2.05) is 11.1 Å². The standard InChI is InChI=1S/C19H26N4O/c1-13-6-8-14(9-7-13)16-11-21-22-17(16)15-5-4-10-23(12-15)18(24)19(2,3)20/h6-9,11,15H,4-5,10,12,20H2,1-3H3,(H,21,22)/t15-/m1/s1. The van der Waals surface area contributed by atoms with Gasteiger partial charge >= 0.3 is 0 Å². The summed E-state index contributed by atoms with van der Waals surface area (Å²) in [5.41, 5.74) is 9.82. The van der Waals surface area contributed by atoms with E-state index in [2.05, 4.69) is 41.4 Å². The van der Waals surface area contributed by atoms with Crippen molar-refractivity contribution in [3.8, 4) is 11.1 Å². The first kappa shape index (κ1) is 16.7. The van der Waals surface area contributed by atoms with Gasteiger partial charge in [-0.3, -0.25) is 9.89 Å². The Hall–Kier alpha value is -2.14. The average Bonchev–Trinajstić information content (AvgIpc) is 3.04. The Labute approximate surface area is 143 Å². The zero-order chi connectivity index (χ0) is 17.3. The van der Waals surface area contributed by atoms with Crippen LogP contribution in [0, 0.1) is 6.92 Å². The van der Waals surface area contributed by atoms with Crippen LogP contribution in [0.25, 0.3) is 11.1 Å². The second kappa shape index (κ2) is 6.40. The van der Waals surface area contributed by atoms with Gasteiger partial charge in [0.1, 0.15) is 0 Å². The molecule has 128 valence electrons. The van der Waals surface area contributed by atoms with Crippen LogP contribution in [0.3, 0.4) is 0 Å². The van der Waals surface area contributed by atoms with Crippen molar-refractivity contribution in [2.45, 2.75) is 45.1 Å². The maximum absolute atomic E-state index is 12.5. The predicted molar refractivity (Wildman–Crippen MR) is 95.6 cm³/mol. The molecule has 1 fully saturated rings. The molecule has 5 heteroatoms. The van der Waals surface area contributed by atoms with Crippen molar-refractivity contribution < 1.29 is 4.79 Å². The van der Waals surface area contributed by atoms with Gasteiger partial charge in [0.05, 0.1) is 11.7 Å². The van der Waals surface area contributed by atoms with Gasteiger partial charge in [0.25, 0.3) is 0 Å². The Morgan fingerprint density at radius 1 is 1.33 bits per heavy atom. The monoisotopic (exact) mass is 326 g/mol. The summed E-state index contributed by atoms with van der Waals surface area (Å²) in [6.45, 7) is 7.10. The van der Waals surface area contributed by atoms with Gasteiger partial charge in [-0.15, -0.1) is 0 Å². The number of nitrogens with one attached hydrogen (secondary N) is 1. The van der Waals surface area contributed by atoms with Crippen LogP contribution in [0.4, 0.5) is 0 Å². The summed E-state index contributed by atoms with van der Waals surface area (Å²) in [5.74, 6) is 0.285. The molecular weight excluding hydrogens is 300 g/mol. The van der Waals surface area contributed by atoms with E-state index in [0.717, 1.165) is 36.2 Å². The summed E-state index contributed by atoms with van der Waals surface area (Å²) in [6, 6.07) is 8.47. The number of carbonyl (C=O) groups is 1. The van der Waals surface area contributed by atoms with E-state index in [9.17, 15) is 4.79 Å². The van der Waals surface area contributed by atoms with Crippen molar-refractivity contribution in [3.05, 3.63) is 41.7 Å². The lowest BCUT2D eigenvalue weighted by atomic mass is 9.89. The van der Waals surface area contributed by atoms with E-state index in [1.54, 1.807) is 13.8 Å². The van der Waals surface area contributed by atoms with Crippen molar-refractivity contribution in [2.75, 3.05) is 13.1 Å². The van der Waals surface area contributed by atoms with E-state index in [1.165, 1.54) is 5.56 Å². The highest BCUT2D eigenvalue weighted by atomic mass is 16.2. The highest BCUT2D eigenvalue weighted by Gasteiger charge is 2.33. The van der Waals surface area contributed by atoms with Gasteiger partial charge in [-0.25, -0.2) is 0 Å².